The van der Waals surface area contributed by atoms with Gasteiger partial charge < -0.3 is 0 Å². The summed E-state index contributed by atoms with van der Waals surface area (Å²) in [7, 11) is 0. The van der Waals surface area contributed by atoms with E-state index in [-0.39, 0.29) is 6.42 Å². The molecule has 0 N–H and O–H groups in total. The van der Waals surface area contributed by atoms with Crippen LogP contribution in [0.4, 0.5) is 0 Å². The Kier molecular flexibility index (Phi) is 8.73. The average Bonchev–Trinajstić information content (AvgIpc) is 2.09. The van der Waals surface area contributed by atoms with Crippen LogP contribution in [0.3, 0.4) is 0 Å². The monoisotopic (exact) mass is 183 g/mol. The fourth-order valence-electron chi connectivity index (χ4n) is 1.13. The smallest absolute Gasteiger partial charge is 0.247 e. The molecule has 75 valence electrons. The van der Waals surface area contributed by atoms with Crippen molar-refractivity contribution in [3.05, 3.63) is 12.2 Å². The summed E-state index contributed by atoms with van der Waals surface area (Å²) in [6.07, 6.45) is 10.9. The van der Waals surface area contributed by atoms with Crippen molar-refractivity contribution in [1.29, 1.82) is 0 Å². The van der Waals surface area contributed by atoms with E-state index in [1.54, 1.807) is 0 Å². The number of hydrogen-bond acceptors (Lipinski definition) is 1. The maximum absolute atomic E-state index is 10.0. The Morgan fingerprint density at radius 2 is 1.77 bits per heavy atom. The van der Waals surface area contributed by atoms with E-state index in [9.17, 15) is 9.90 Å². The third kappa shape index (κ3) is 11.2. The van der Waals surface area contributed by atoms with Gasteiger partial charge in [0.1, 0.15) is 0 Å². The Hall–Kier alpha value is -0.790. The van der Waals surface area contributed by atoms with Crippen molar-refractivity contribution in [2.75, 3.05) is 0 Å². The standard InChI is InChI=1S/C11H19O2/c1-2-3-4-5-6-7-8-9-10-11(12)13/h7-8H,2-6,9-10H2,1H3/b8-7+. The molecule has 13 heavy (non-hydrogen) atoms. The van der Waals surface area contributed by atoms with E-state index in [1.807, 2.05) is 6.08 Å². The first-order chi connectivity index (χ1) is 6.27. The number of hydrogen-bond donors (Lipinski definition) is 0. The highest BCUT2D eigenvalue weighted by Gasteiger charge is 1.94. The lowest BCUT2D eigenvalue weighted by atomic mass is 10.1. The molecule has 0 rings (SSSR count). The fraction of sp³-hybridized carbons (Fsp3) is 0.727. The second kappa shape index (κ2) is 9.30. The zero-order valence-electron chi connectivity index (χ0n) is 8.42. The van der Waals surface area contributed by atoms with Crippen molar-refractivity contribution in [2.24, 2.45) is 0 Å². The number of rotatable bonds is 8. The second-order valence-corrected chi connectivity index (χ2v) is 3.23. The van der Waals surface area contributed by atoms with E-state index in [0.717, 1.165) is 6.42 Å². The largest absolute Gasteiger partial charge is 0.355 e. The Bertz CT molecular complexity index is 150. The summed E-state index contributed by atoms with van der Waals surface area (Å²) in [5, 5.41) is 10.0. The van der Waals surface area contributed by atoms with Gasteiger partial charge in [0.25, 0.3) is 0 Å². The third-order valence-electron chi connectivity index (χ3n) is 1.91. The lowest BCUT2D eigenvalue weighted by molar-refractivity contribution is -0.142. The molecule has 0 heterocycles. The molecule has 0 fully saturated rings. The number of carbonyl (C=O) groups excluding carboxylic acids is 1. The summed E-state index contributed by atoms with van der Waals surface area (Å²) in [6.45, 7) is 2.19. The molecule has 0 aliphatic rings. The highest BCUT2D eigenvalue weighted by Crippen LogP contribution is 2.03. The van der Waals surface area contributed by atoms with Gasteiger partial charge in [-0.25, -0.2) is 9.90 Å². The molecule has 0 spiro atoms. The van der Waals surface area contributed by atoms with Crippen LogP contribution >= 0.6 is 0 Å². The van der Waals surface area contributed by atoms with Crippen LogP contribution < -0.4 is 0 Å². The van der Waals surface area contributed by atoms with E-state index >= 15 is 0 Å². The zero-order chi connectivity index (χ0) is 9.94. The Balaban J connectivity index is 3.08. The van der Waals surface area contributed by atoms with Crippen molar-refractivity contribution in [2.45, 2.75) is 51.9 Å². The molecular formula is C11H19O2. The van der Waals surface area contributed by atoms with E-state index in [2.05, 4.69) is 13.0 Å². The van der Waals surface area contributed by atoms with Crippen molar-refractivity contribution in [1.82, 2.24) is 0 Å². The first kappa shape index (κ1) is 12.2. The van der Waals surface area contributed by atoms with Crippen molar-refractivity contribution in [3.8, 4) is 0 Å². The first-order valence-corrected chi connectivity index (χ1v) is 5.12. The van der Waals surface area contributed by atoms with Gasteiger partial charge in [0.05, 0.1) is 6.42 Å². The zero-order valence-corrected chi connectivity index (χ0v) is 8.42. The van der Waals surface area contributed by atoms with Crippen LogP contribution in [0.25, 0.3) is 0 Å². The molecule has 0 amide bonds. The quantitative estimate of drug-likeness (QED) is 0.420. The molecule has 0 saturated carbocycles. The molecule has 0 aromatic carbocycles. The van der Waals surface area contributed by atoms with Gasteiger partial charge in [0.15, 0.2) is 0 Å². The predicted octanol–water partition coefficient (Wildman–Crippen LogP) is 3.25. The molecule has 0 aliphatic heterocycles. The van der Waals surface area contributed by atoms with Crippen LogP contribution in [0.15, 0.2) is 12.2 Å². The number of allylic oxidation sites excluding steroid dienone is 2. The summed E-state index contributed by atoms with van der Waals surface area (Å²) in [5.74, 6) is -0.962. The van der Waals surface area contributed by atoms with Gasteiger partial charge in [-0.15, -0.1) is 0 Å². The highest BCUT2D eigenvalue weighted by atomic mass is 16.4. The average molecular weight is 183 g/mol. The minimum absolute atomic E-state index is 0.144. The minimum Gasteiger partial charge on any atom is -0.247 e. The summed E-state index contributed by atoms with van der Waals surface area (Å²) in [5.41, 5.74) is 0. The highest BCUT2D eigenvalue weighted by molar-refractivity contribution is 5.66. The van der Waals surface area contributed by atoms with Crippen LogP contribution in [-0.2, 0) is 9.90 Å². The maximum atomic E-state index is 10.0. The molecule has 0 aliphatic carbocycles. The summed E-state index contributed by atoms with van der Waals surface area (Å²) >= 11 is 0. The van der Waals surface area contributed by atoms with Gasteiger partial charge in [0, 0.05) is 0 Å². The van der Waals surface area contributed by atoms with Crippen molar-refractivity contribution < 1.29 is 9.90 Å². The van der Waals surface area contributed by atoms with E-state index < -0.39 is 5.97 Å². The van der Waals surface area contributed by atoms with Crippen LogP contribution in [0, 0.1) is 0 Å². The SMILES string of the molecule is CCCCCC/C=C/CCC([O])=O. The molecule has 2 heteroatoms. The molecule has 0 atom stereocenters. The molecular weight excluding hydrogens is 164 g/mol. The molecule has 2 nitrogen and oxygen atoms in total. The van der Waals surface area contributed by atoms with Crippen LogP contribution in [0.5, 0.6) is 0 Å². The normalized spacial score (nSPS) is 10.8. The van der Waals surface area contributed by atoms with E-state index in [0.29, 0.717) is 6.42 Å². The summed E-state index contributed by atoms with van der Waals surface area (Å²) < 4.78 is 0. The first-order valence-electron chi connectivity index (χ1n) is 5.12. The van der Waals surface area contributed by atoms with Crippen LogP contribution in [0.2, 0.25) is 0 Å². The topological polar surface area (TPSA) is 37.0 Å². The number of carbonyl (C=O) groups is 1. The van der Waals surface area contributed by atoms with Crippen LogP contribution in [0.1, 0.15) is 51.9 Å². The lowest BCUT2D eigenvalue weighted by Crippen LogP contribution is -1.89. The number of unbranched alkanes of at least 4 members (excludes halogenated alkanes) is 4. The van der Waals surface area contributed by atoms with Crippen LogP contribution in [-0.4, -0.2) is 5.97 Å². The van der Waals surface area contributed by atoms with Gasteiger partial charge in [-0.3, -0.25) is 0 Å². The maximum Gasteiger partial charge on any atom is 0.355 e. The third-order valence-corrected chi connectivity index (χ3v) is 1.91. The Morgan fingerprint density at radius 1 is 1.08 bits per heavy atom. The molecule has 0 saturated heterocycles. The molecule has 0 aromatic rings. The Morgan fingerprint density at radius 3 is 2.38 bits per heavy atom. The van der Waals surface area contributed by atoms with Gasteiger partial charge >= 0.3 is 5.97 Å². The van der Waals surface area contributed by atoms with Gasteiger partial charge in [-0.2, -0.15) is 0 Å². The molecule has 0 aromatic heterocycles. The lowest BCUT2D eigenvalue weighted by Gasteiger charge is -1.93. The molecule has 0 bridgehead atoms. The predicted molar refractivity (Wildman–Crippen MR) is 52.8 cm³/mol. The van der Waals surface area contributed by atoms with E-state index in [4.69, 9.17) is 0 Å². The van der Waals surface area contributed by atoms with Gasteiger partial charge in [-0.05, 0) is 19.3 Å². The summed E-state index contributed by atoms with van der Waals surface area (Å²) in [4.78, 5) is 10.0. The molecule has 0 unspecified atom stereocenters. The molecule has 1 radical (unpaired) electrons. The van der Waals surface area contributed by atoms with E-state index in [1.165, 1.54) is 25.7 Å². The van der Waals surface area contributed by atoms with Crippen molar-refractivity contribution >= 4 is 5.97 Å². The second-order valence-electron chi connectivity index (χ2n) is 3.23. The van der Waals surface area contributed by atoms with Crippen molar-refractivity contribution in [3.63, 3.8) is 0 Å². The minimum atomic E-state index is -0.962. The van der Waals surface area contributed by atoms with Gasteiger partial charge in [-0.1, -0.05) is 38.3 Å². The summed E-state index contributed by atoms with van der Waals surface area (Å²) in [6, 6.07) is 0. The van der Waals surface area contributed by atoms with Gasteiger partial charge in [0.2, 0.25) is 0 Å². The Labute approximate surface area is 80.7 Å². The fourth-order valence-corrected chi connectivity index (χ4v) is 1.13.